The Hall–Kier alpha value is -2.82. The van der Waals surface area contributed by atoms with Gasteiger partial charge >= 0.3 is 0 Å². The Morgan fingerprint density at radius 1 is 0.950 bits per heavy atom. The van der Waals surface area contributed by atoms with Gasteiger partial charge in [0, 0.05) is 29.5 Å². The van der Waals surface area contributed by atoms with Crippen LogP contribution in [-0.4, -0.2) is 11.8 Å². The van der Waals surface area contributed by atoms with Crippen molar-refractivity contribution in [1.82, 2.24) is 0 Å². The Labute approximate surface area is 116 Å². The average molecular weight is 269 g/mol. The summed E-state index contributed by atoms with van der Waals surface area (Å²) < 4.78 is 0. The van der Waals surface area contributed by atoms with E-state index in [0.717, 1.165) is 0 Å². The van der Waals surface area contributed by atoms with Gasteiger partial charge in [0.15, 0.2) is 0 Å². The molecule has 2 aromatic carbocycles. The molecule has 0 radical (unpaired) electrons. The van der Waals surface area contributed by atoms with Crippen molar-refractivity contribution in [3.63, 3.8) is 0 Å². The summed E-state index contributed by atoms with van der Waals surface area (Å²) >= 11 is 0. The standard InChI is InChI=1S/C15H15N3O2/c1-10(19)17-13-6-2-4-11(8-13)15(20)18-14-7-3-5-12(16)9-14/h2-9H,16H2,1H3,(H,17,19)(H,18,20). The first kappa shape index (κ1) is 13.6. The Balaban J connectivity index is 2.15. The van der Waals surface area contributed by atoms with Gasteiger partial charge in [-0.25, -0.2) is 0 Å². The molecule has 0 aliphatic heterocycles. The molecule has 0 spiro atoms. The van der Waals surface area contributed by atoms with Crippen LogP contribution in [-0.2, 0) is 4.79 Å². The van der Waals surface area contributed by atoms with Crippen molar-refractivity contribution in [1.29, 1.82) is 0 Å². The minimum atomic E-state index is -0.261. The fourth-order valence-electron chi connectivity index (χ4n) is 1.76. The van der Waals surface area contributed by atoms with Crippen LogP contribution in [0.1, 0.15) is 17.3 Å². The molecule has 2 amide bonds. The molecule has 0 aliphatic carbocycles. The van der Waals surface area contributed by atoms with Crippen LogP contribution in [0.25, 0.3) is 0 Å². The zero-order valence-electron chi connectivity index (χ0n) is 11.0. The molecule has 0 bridgehead atoms. The van der Waals surface area contributed by atoms with Gasteiger partial charge in [-0.2, -0.15) is 0 Å². The number of nitrogens with two attached hydrogens (primary N) is 1. The van der Waals surface area contributed by atoms with Crippen LogP contribution in [0.2, 0.25) is 0 Å². The number of amides is 2. The fourth-order valence-corrected chi connectivity index (χ4v) is 1.76. The quantitative estimate of drug-likeness (QED) is 0.748. The monoisotopic (exact) mass is 269 g/mol. The summed E-state index contributed by atoms with van der Waals surface area (Å²) in [6.45, 7) is 1.42. The molecule has 0 unspecified atom stereocenters. The van der Waals surface area contributed by atoms with E-state index in [-0.39, 0.29) is 11.8 Å². The number of anilines is 3. The van der Waals surface area contributed by atoms with E-state index in [4.69, 9.17) is 5.73 Å². The summed E-state index contributed by atoms with van der Waals surface area (Å²) in [6.07, 6.45) is 0. The molecule has 0 saturated carbocycles. The Kier molecular flexibility index (Phi) is 4.00. The molecule has 5 nitrogen and oxygen atoms in total. The number of hydrogen-bond acceptors (Lipinski definition) is 3. The first-order valence-electron chi connectivity index (χ1n) is 6.09. The Morgan fingerprint density at radius 2 is 1.60 bits per heavy atom. The summed E-state index contributed by atoms with van der Waals surface area (Å²) in [7, 11) is 0. The van der Waals surface area contributed by atoms with Crippen LogP contribution >= 0.6 is 0 Å². The lowest BCUT2D eigenvalue weighted by Crippen LogP contribution is -2.13. The third kappa shape index (κ3) is 3.58. The highest BCUT2D eigenvalue weighted by atomic mass is 16.2. The van der Waals surface area contributed by atoms with Gasteiger partial charge in [-0.1, -0.05) is 12.1 Å². The van der Waals surface area contributed by atoms with E-state index in [1.165, 1.54) is 6.92 Å². The summed E-state index contributed by atoms with van der Waals surface area (Å²) in [5, 5.41) is 5.38. The van der Waals surface area contributed by atoms with Gasteiger partial charge in [0.2, 0.25) is 5.91 Å². The smallest absolute Gasteiger partial charge is 0.255 e. The number of hydrogen-bond donors (Lipinski definition) is 3. The van der Waals surface area contributed by atoms with Gasteiger partial charge in [0.1, 0.15) is 0 Å². The molecule has 0 saturated heterocycles. The van der Waals surface area contributed by atoms with E-state index in [0.29, 0.717) is 22.6 Å². The lowest BCUT2D eigenvalue weighted by atomic mass is 10.1. The average Bonchev–Trinajstić information content (AvgIpc) is 2.38. The number of rotatable bonds is 3. The molecule has 102 valence electrons. The predicted octanol–water partition coefficient (Wildman–Crippen LogP) is 2.48. The summed E-state index contributed by atoms with van der Waals surface area (Å²) in [4.78, 5) is 23.1. The lowest BCUT2D eigenvalue weighted by Gasteiger charge is -2.08. The number of benzene rings is 2. The van der Waals surface area contributed by atoms with Crippen molar-refractivity contribution >= 4 is 28.9 Å². The second-order valence-corrected chi connectivity index (χ2v) is 4.34. The topological polar surface area (TPSA) is 84.2 Å². The third-order valence-corrected chi connectivity index (χ3v) is 2.59. The van der Waals surface area contributed by atoms with E-state index in [1.54, 1.807) is 48.5 Å². The predicted molar refractivity (Wildman–Crippen MR) is 79.6 cm³/mol. The molecule has 5 heteroatoms. The maximum atomic E-state index is 12.1. The van der Waals surface area contributed by atoms with Crippen LogP contribution in [0.5, 0.6) is 0 Å². The van der Waals surface area contributed by atoms with Crippen molar-refractivity contribution < 1.29 is 9.59 Å². The van der Waals surface area contributed by atoms with Crippen LogP contribution < -0.4 is 16.4 Å². The van der Waals surface area contributed by atoms with Crippen LogP contribution in [0.4, 0.5) is 17.1 Å². The molecule has 0 heterocycles. The molecule has 4 N–H and O–H groups in total. The van der Waals surface area contributed by atoms with E-state index >= 15 is 0 Å². The summed E-state index contributed by atoms with van der Waals surface area (Å²) in [5.74, 6) is -0.443. The SMILES string of the molecule is CC(=O)Nc1cccc(C(=O)Nc2cccc(N)c2)c1. The fraction of sp³-hybridized carbons (Fsp3) is 0.0667. The third-order valence-electron chi connectivity index (χ3n) is 2.59. The maximum Gasteiger partial charge on any atom is 0.255 e. The zero-order chi connectivity index (χ0) is 14.5. The Morgan fingerprint density at radius 3 is 2.25 bits per heavy atom. The number of nitrogen functional groups attached to an aromatic ring is 1. The molecule has 0 aromatic heterocycles. The second kappa shape index (κ2) is 5.88. The molecular weight excluding hydrogens is 254 g/mol. The van der Waals surface area contributed by atoms with Crippen molar-refractivity contribution in [2.45, 2.75) is 6.92 Å². The minimum absolute atomic E-state index is 0.182. The molecular formula is C15H15N3O2. The molecule has 2 aromatic rings. The van der Waals surface area contributed by atoms with Gasteiger partial charge in [-0.3, -0.25) is 9.59 Å². The first-order valence-corrected chi connectivity index (χ1v) is 6.09. The van der Waals surface area contributed by atoms with Crippen molar-refractivity contribution in [2.24, 2.45) is 0 Å². The van der Waals surface area contributed by atoms with Gasteiger partial charge < -0.3 is 16.4 Å². The number of nitrogens with one attached hydrogen (secondary N) is 2. The molecule has 20 heavy (non-hydrogen) atoms. The Bertz CT molecular complexity index is 653. The number of carbonyl (C=O) groups is 2. The van der Waals surface area contributed by atoms with Gasteiger partial charge in [-0.05, 0) is 36.4 Å². The lowest BCUT2D eigenvalue weighted by molar-refractivity contribution is -0.114. The maximum absolute atomic E-state index is 12.1. The molecule has 0 aliphatic rings. The van der Waals surface area contributed by atoms with Crippen LogP contribution in [0.15, 0.2) is 48.5 Å². The van der Waals surface area contributed by atoms with Crippen molar-refractivity contribution in [3.05, 3.63) is 54.1 Å². The van der Waals surface area contributed by atoms with Gasteiger partial charge in [0.05, 0.1) is 0 Å². The minimum Gasteiger partial charge on any atom is -0.399 e. The largest absolute Gasteiger partial charge is 0.399 e. The van der Waals surface area contributed by atoms with Crippen LogP contribution in [0.3, 0.4) is 0 Å². The summed E-state index contributed by atoms with van der Waals surface area (Å²) in [6, 6.07) is 13.7. The van der Waals surface area contributed by atoms with E-state index in [9.17, 15) is 9.59 Å². The number of carbonyl (C=O) groups excluding carboxylic acids is 2. The normalized spacial score (nSPS) is 9.85. The highest BCUT2D eigenvalue weighted by Crippen LogP contribution is 2.15. The van der Waals surface area contributed by atoms with E-state index < -0.39 is 0 Å². The zero-order valence-corrected chi connectivity index (χ0v) is 11.0. The van der Waals surface area contributed by atoms with E-state index in [2.05, 4.69) is 10.6 Å². The van der Waals surface area contributed by atoms with Gasteiger partial charge in [-0.15, -0.1) is 0 Å². The van der Waals surface area contributed by atoms with Crippen molar-refractivity contribution in [3.8, 4) is 0 Å². The van der Waals surface area contributed by atoms with E-state index in [1.807, 2.05) is 0 Å². The van der Waals surface area contributed by atoms with Crippen LogP contribution in [0, 0.1) is 0 Å². The molecule has 0 fully saturated rings. The summed E-state index contributed by atoms with van der Waals surface area (Å²) in [5.41, 5.74) is 7.89. The van der Waals surface area contributed by atoms with Gasteiger partial charge in [0.25, 0.3) is 5.91 Å². The highest BCUT2D eigenvalue weighted by Gasteiger charge is 2.07. The molecule has 0 atom stereocenters. The van der Waals surface area contributed by atoms with Crippen molar-refractivity contribution in [2.75, 3.05) is 16.4 Å². The first-order chi connectivity index (χ1) is 9.54. The highest BCUT2D eigenvalue weighted by molar-refractivity contribution is 6.05. The second-order valence-electron chi connectivity index (χ2n) is 4.34. The molecule has 2 rings (SSSR count).